The first kappa shape index (κ1) is 8.00. The molecule has 0 aliphatic rings. The van der Waals surface area contributed by atoms with E-state index < -0.39 is 10.0 Å². The van der Waals surface area contributed by atoms with Gasteiger partial charge >= 0.3 is 0 Å². The van der Waals surface area contributed by atoms with Crippen molar-refractivity contribution >= 4 is 33.0 Å². The van der Waals surface area contributed by atoms with Crippen LogP contribution in [0.1, 0.15) is 0 Å². The molecule has 0 atom stereocenters. The van der Waals surface area contributed by atoms with Gasteiger partial charge in [-0.1, -0.05) is 11.6 Å². The van der Waals surface area contributed by atoms with Crippen LogP contribution in [-0.4, -0.2) is 8.42 Å². The van der Waals surface area contributed by atoms with Gasteiger partial charge in [-0.3, -0.25) is 0 Å². The summed E-state index contributed by atoms with van der Waals surface area (Å²) in [6.07, 6.45) is 0. The topological polar surface area (TPSA) is 60.2 Å². The molecule has 0 unspecified atom stereocenters. The average Bonchev–Trinajstić information content (AvgIpc) is 2.11. The molecule has 1 rings (SSSR count). The molecule has 0 fully saturated rings. The van der Waals surface area contributed by atoms with Gasteiger partial charge < -0.3 is 0 Å². The Morgan fingerprint density at radius 2 is 2.20 bits per heavy atom. The van der Waals surface area contributed by atoms with Crippen molar-refractivity contribution in [3.63, 3.8) is 0 Å². The first-order valence-electron chi connectivity index (χ1n) is 2.27. The molecule has 1 aromatic heterocycles. The number of hydrogen-bond acceptors (Lipinski definition) is 3. The van der Waals surface area contributed by atoms with E-state index in [4.69, 9.17) is 16.7 Å². The molecule has 0 aromatic carbocycles. The maximum absolute atomic E-state index is 10.6. The number of sulfonamides is 1. The van der Waals surface area contributed by atoms with Crippen LogP contribution in [0.5, 0.6) is 0 Å². The Kier molecular flexibility index (Phi) is 2.00. The van der Waals surface area contributed by atoms with Crippen molar-refractivity contribution in [1.29, 1.82) is 0 Å². The lowest BCUT2D eigenvalue weighted by atomic mass is 10.7. The Morgan fingerprint density at radius 1 is 1.60 bits per heavy atom. The minimum atomic E-state index is -3.61. The van der Waals surface area contributed by atoms with E-state index in [1.807, 2.05) is 0 Å². The highest BCUT2D eigenvalue weighted by molar-refractivity contribution is 7.89. The van der Waals surface area contributed by atoms with Crippen molar-refractivity contribution in [2.75, 3.05) is 0 Å². The van der Waals surface area contributed by atoms with E-state index in [2.05, 4.69) is 0 Å². The third-order valence-electron chi connectivity index (χ3n) is 0.891. The van der Waals surface area contributed by atoms with Gasteiger partial charge in [0.05, 0.1) is 0 Å². The minimum absolute atomic E-state index is 0.000772. The van der Waals surface area contributed by atoms with Crippen LogP contribution < -0.4 is 5.14 Å². The summed E-state index contributed by atoms with van der Waals surface area (Å²) in [5.41, 5.74) is 0. The third kappa shape index (κ3) is 1.49. The van der Waals surface area contributed by atoms with Crippen molar-refractivity contribution in [2.24, 2.45) is 5.14 Å². The fourth-order valence-corrected chi connectivity index (χ4v) is 2.59. The summed E-state index contributed by atoms with van der Waals surface area (Å²) in [4.78, 5) is -0.000772. The highest BCUT2D eigenvalue weighted by atomic mass is 35.5. The van der Waals surface area contributed by atoms with E-state index in [1.165, 1.54) is 6.07 Å². The number of thiophene rings is 1. The molecule has 1 aromatic rings. The molecule has 2 N–H and O–H groups in total. The molecule has 1 heterocycles. The third-order valence-corrected chi connectivity index (χ3v) is 3.26. The highest BCUT2D eigenvalue weighted by Crippen LogP contribution is 2.25. The SMILES string of the molecule is NS(=O)(=O)c1ccsc1Cl. The summed E-state index contributed by atoms with van der Waals surface area (Å²) < 4.78 is 21.4. The molecule has 3 nitrogen and oxygen atoms in total. The molecular formula is C4H4ClNO2S2. The van der Waals surface area contributed by atoms with Gasteiger partial charge in [0, 0.05) is 0 Å². The van der Waals surface area contributed by atoms with E-state index in [-0.39, 0.29) is 9.23 Å². The lowest BCUT2D eigenvalue weighted by Gasteiger charge is -1.90. The van der Waals surface area contributed by atoms with Crippen molar-refractivity contribution in [1.82, 2.24) is 0 Å². The van der Waals surface area contributed by atoms with Crippen molar-refractivity contribution in [3.8, 4) is 0 Å². The Morgan fingerprint density at radius 3 is 2.40 bits per heavy atom. The van der Waals surface area contributed by atoms with Crippen LogP contribution in [0.2, 0.25) is 4.34 Å². The Bertz CT molecular complexity index is 329. The van der Waals surface area contributed by atoms with Gasteiger partial charge in [0.2, 0.25) is 10.0 Å². The summed E-state index contributed by atoms with van der Waals surface area (Å²) in [6.45, 7) is 0. The Hall–Kier alpha value is -0.100. The molecule has 6 heteroatoms. The second-order valence-electron chi connectivity index (χ2n) is 1.60. The predicted molar refractivity (Wildman–Crippen MR) is 40.7 cm³/mol. The fraction of sp³-hybridized carbons (Fsp3) is 0. The smallest absolute Gasteiger partial charge is 0.225 e. The maximum atomic E-state index is 10.6. The van der Waals surface area contributed by atoms with Crippen LogP contribution in [-0.2, 0) is 10.0 Å². The van der Waals surface area contributed by atoms with Gasteiger partial charge in [-0.15, -0.1) is 11.3 Å². The molecule has 0 spiro atoms. The van der Waals surface area contributed by atoms with Crippen LogP contribution >= 0.6 is 22.9 Å². The monoisotopic (exact) mass is 197 g/mol. The average molecular weight is 198 g/mol. The van der Waals surface area contributed by atoms with Gasteiger partial charge in [0.1, 0.15) is 9.23 Å². The van der Waals surface area contributed by atoms with E-state index in [9.17, 15) is 8.42 Å². The number of halogens is 1. The number of primary sulfonamides is 1. The van der Waals surface area contributed by atoms with E-state index >= 15 is 0 Å². The summed E-state index contributed by atoms with van der Waals surface area (Å²) in [5.74, 6) is 0. The van der Waals surface area contributed by atoms with Gasteiger partial charge in [0.25, 0.3) is 0 Å². The van der Waals surface area contributed by atoms with Gasteiger partial charge in [-0.25, -0.2) is 13.6 Å². The number of nitrogens with two attached hydrogens (primary N) is 1. The standard InChI is InChI=1S/C4H4ClNO2S2/c5-4-3(1-2-9-4)10(6,7)8/h1-2H,(H2,6,7,8). The van der Waals surface area contributed by atoms with Crippen molar-refractivity contribution < 1.29 is 8.42 Å². The zero-order chi connectivity index (χ0) is 7.78. The summed E-state index contributed by atoms with van der Waals surface area (Å²) in [6, 6.07) is 1.38. The first-order valence-corrected chi connectivity index (χ1v) is 5.08. The molecule has 0 saturated carbocycles. The van der Waals surface area contributed by atoms with Crippen LogP contribution in [0.25, 0.3) is 0 Å². The zero-order valence-corrected chi connectivity index (χ0v) is 7.13. The van der Waals surface area contributed by atoms with Crippen LogP contribution in [0.4, 0.5) is 0 Å². The second kappa shape index (κ2) is 2.50. The van der Waals surface area contributed by atoms with Crippen LogP contribution in [0.3, 0.4) is 0 Å². The van der Waals surface area contributed by atoms with Crippen molar-refractivity contribution in [2.45, 2.75) is 4.90 Å². The lowest BCUT2D eigenvalue weighted by Crippen LogP contribution is -2.11. The summed E-state index contributed by atoms with van der Waals surface area (Å²) >= 11 is 6.62. The second-order valence-corrected chi connectivity index (χ2v) is 4.65. The zero-order valence-electron chi connectivity index (χ0n) is 4.74. The fourth-order valence-electron chi connectivity index (χ4n) is 0.486. The molecule has 0 aliphatic carbocycles. The van der Waals surface area contributed by atoms with Crippen LogP contribution in [0, 0.1) is 0 Å². The minimum Gasteiger partial charge on any atom is -0.225 e. The summed E-state index contributed by atoms with van der Waals surface area (Å²) in [7, 11) is -3.61. The Labute approximate surface area is 67.5 Å². The molecule has 0 radical (unpaired) electrons. The normalized spacial score (nSPS) is 11.8. The highest BCUT2D eigenvalue weighted by Gasteiger charge is 2.12. The molecule has 0 aliphatic heterocycles. The quantitative estimate of drug-likeness (QED) is 0.732. The van der Waals surface area contributed by atoms with Gasteiger partial charge in [-0.2, -0.15) is 0 Å². The van der Waals surface area contributed by atoms with Gasteiger partial charge in [0.15, 0.2) is 0 Å². The molecule has 0 bridgehead atoms. The maximum Gasteiger partial charge on any atom is 0.240 e. The van der Waals surface area contributed by atoms with Crippen LogP contribution in [0.15, 0.2) is 16.3 Å². The molecule has 0 saturated heterocycles. The van der Waals surface area contributed by atoms with Gasteiger partial charge in [-0.05, 0) is 11.4 Å². The number of rotatable bonds is 1. The largest absolute Gasteiger partial charge is 0.240 e. The molecule has 0 amide bonds. The summed E-state index contributed by atoms with van der Waals surface area (Å²) in [5, 5.41) is 6.37. The Balaban J connectivity index is 3.32. The van der Waals surface area contributed by atoms with Crippen molar-refractivity contribution in [3.05, 3.63) is 15.8 Å². The van der Waals surface area contributed by atoms with E-state index in [0.717, 1.165) is 11.3 Å². The number of hydrogen-bond donors (Lipinski definition) is 1. The van der Waals surface area contributed by atoms with E-state index in [0.29, 0.717) is 0 Å². The molecule has 56 valence electrons. The molecular weight excluding hydrogens is 194 g/mol. The molecule has 10 heavy (non-hydrogen) atoms. The lowest BCUT2D eigenvalue weighted by molar-refractivity contribution is 0.598. The van der Waals surface area contributed by atoms with E-state index in [1.54, 1.807) is 5.38 Å². The first-order chi connectivity index (χ1) is 4.52. The predicted octanol–water partition coefficient (Wildman–Crippen LogP) is 1.05.